The second kappa shape index (κ2) is 11.1. The molecular formula is C23H23N3O8. The standard InChI is InChI=1S/C23H23N3O8/c1-2-33-23(29)16-9-11-25(12-10-16)20-14-18(7-8-19(20)26(31)32)34-17-5-3-15(4-6-17)13-21(27)22(28)24-30/h3-8,14,16H,2,9-13H2,1H3. The molecule has 34 heavy (non-hydrogen) atoms. The summed E-state index contributed by atoms with van der Waals surface area (Å²) in [5.41, 5.74) is 0.833. The number of nitro groups is 1. The number of hydrogen-bond acceptors (Lipinski definition) is 9. The molecule has 0 spiro atoms. The highest BCUT2D eigenvalue weighted by molar-refractivity contribution is 6.36. The van der Waals surface area contributed by atoms with Crippen LogP contribution >= 0.6 is 0 Å². The lowest BCUT2D eigenvalue weighted by Crippen LogP contribution is -2.37. The Morgan fingerprint density at radius 2 is 1.74 bits per heavy atom. The molecule has 0 unspecified atom stereocenters. The number of anilines is 1. The molecule has 0 N–H and O–H groups in total. The minimum absolute atomic E-state index is 0.0655. The van der Waals surface area contributed by atoms with Crippen LogP contribution < -0.4 is 9.64 Å². The highest BCUT2D eigenvalue weighted by Crippen LogP contribution is 2.36. The third-order valence-corrected chi connectivity index (χ3v) is 5.44. The minimum Gasteiger partial charge on any atom is -0.466 e. The average molecular weight is 469 g/mol. The van der Waals surface area contributed by atoms with E-state index >= 15 is 0 Å². The second-order valence-corrected chi connectivity index (χ2v) is 7.66. The van der Waals surface area contributed by atoms with Gasteiger partial charge in [0, 0.05) is 36.8 Å². The summed E-state index contributed by atoms with van der Waals surface area (Å²) in [5.74, 6) is -1.92. The number of ether oxygens (including phenoxy) is 2. The largest absolute Gasteiger partial charge is 0.466 e. The number of Topliss-reactive ketones (excluding diaryl/α,β-unsaturated/α-hetero) is 1. The average Bonchev–Trinajstić information content (AvgIpc) is 2.84. The number of benzene rings is 2. The Bertz CT molecular complexity index is 1090. The van der Waals surface area contributed by atoms with Crippen LogP contribution in [0, 0.1) is 20.9 Å². The fourth-order valence-corrected chi connectivity index (χ4v) is 3.71. The van der Waals surface area contributed by atoms with Crippen LogP contribution in [-0.2, 0) is 25.5 Å². The quantitative estimate of drug-likeness (QED) is 0.177. The minimum atomic E-state index is -1.33. The number of ketones is 1. The van der Waals surface area contributed by atoms with E-state index in [0.717, 1.165) is 0 Å². The van der Waals surface area contributed by atoms with Crippen molar-refractivity contribution < 1.29 is 28.8 Å². The van der Waals surface area contributed by atoms with Crippen molar-refractivity contribution >= 4 is 29.0 Å². The van der Waals surface area contributed by atoms with Gasteiger partial charge < -0.3 is 14.4 Å². The van der Waals surface area contributed by atoms with Crippen molar-refractivity contribution in [1.82, 2.24) is 0 Å². The predicted octanol–water partition coefficient (Wildman–Crippen LogP) is 3.57. The third-order valence-electron chi connectivity index (χ3n) is 5.44. The van der Waals surface area contributed by atoms with Crippen molar-refractivity contribution in [3.05, 3.63) is 63.0 Å². The first-order valence-electron chi connectivity index (χ1n) is 10.7. The van der Waals surface area contributed by atoms with Gasteiger partial charge in [0.2, 0.25) is 5.78 Å². The topological polar surface area (TPSA) is 145 Å². The molecule has 0 radical (unpaired) electrons. The normalized spacial score (nSPS) is 13.7. The number of carbonyl (C=O) groups excluding carboxylic acids is 3. The van der Waals surface area contributed by atoms with Crippen LogP contribution in [0.15, 0.2) is 47.6 Å². The molecule has 1 saturated heterocycles. The van der Waals surface area contributed by atoms with E-state index in [1.807, 2.05) is 4.90 Å². The van der Waals surface area contributed by atoms with Gasteiger partial charge in [-0.15, -0.1) is 4.91 Å². The summed E-state index contributed by atoms with van der Waals surface area (Å²) in [4.78, 5) is 57.7. The number of amides is 1. The smallest absolute Gasteiger partial charge is 0.352 e. The fraction of sp³-hybridized carbons (Fsp3) is 0.348. The zero-order chi connectivity index (χ0) is 24.7. The van der Waals surface area contributed by atoms with Crippen LogP contribution in [0.4, 0.5) is 11.4 Å². The van der Waals surface area contributed by atoms with Crippen LogP contribution in [0.2, 0.25) is 0 Å². The first-order valence-corrected chi connectivity index (χ1v) is 10.7. The lowest BCUT2D eigenvalue weighted by atomic mass is 9.96. The van der Waals surface area contributed by atoms with E-state index in [1.54, 1.807) is 37.3 Å². The number of nitro benzene ring substituents is 1. The monoisotopic (exact) mass is 469 g/mol. The molecule has 11 heteroatoms. The molecule has 1 fully saturated rings. The number of hydrogen-bond donors (Lipinski definition) is 0. The Morgan fingerprint density at radius 3 is 2.32 bits per heavy atom. The molecule has 0 atom stereocenters. The molecule has 11 nitrogen and oxygen atoms in total. The highest BCUT2D eigenvalue weighted by atomic mass is 16.6. The predicted molar refractivity (Wildman–Crippen MR) is 121 cm³/mol. The zero-order valence-electron chi connectivity index (χ0n) is 18.5. The number of esters is 1. The third kappa shape index (κ3) is 6.00. The molecule has 1 aliphatic heterocycles. The van der Waals surface area contributed by atoms with Crippen LogP contribution in [0.25, 0.3) is 0 Å². The van der Waals surface area contributed by atoms with E-state index in [-0.39, 0.29) is 24.0 Å². The van der Waals surface area contributed by atoms with Crippen LogP contribution in [0.3, 0.4) is 0 Å². The number of rotatable bonds is 9. The Morgan fingerprint density at radius 1 is 1.09 bits per heavy atom. The van der Waals surface area contributed by atoms with Crippen molar-refractivity contribution in [2.75, 3.05) is 24.6 Å². The van der Waals surface area contributed by atoms with E-state index in [9.17, 15) is 29.4 Å². The van der Waals surface area contributed by atoms with E-state index in [0.29, 0.717) is 55.3 Å². The molecule has 0 bridgehead atoms. The van der Waals surface area contributed by atoms with E-state index in [1.165, 1.54) is 12.1 Å². The molecular weight excluding hydrogens is 446 g/mol. The summed E-state index contributed by atoms with van der Waals surface area (Å²) in [6.45, 7) is 2.99. The van der Waals surface area contributed by atoms with Crippen molar-refractivity contribution in [3.8, 4) is 11.5 Å². The molecule has 0 aliphatic carbocycles. The molecule has 2 aromatic carbocycles. The Balaban J connectivity index is 1.72. The molecule has 0 saturated carbocycles. The summed E-state index contributed by atoms with van der Waals surface area (Å²) in [6.07, 6.45) is 0.807. The van der Waals surface area contributed by atoms with Crippen molar-refractivity contribution in [2.45, 2.75) is 26.2 Å². The number of nitroso groups, excluding NO2 is 1. The number of nitrogens with zero attached hydrogens (tertiary/aromatic N) is 3. The van der Waals surface area contributed by atoms with Crippen LogP contribution in [0.1, 0.15) is 25.3 Å². The van der Waals surface area contributed by atoms with Crippen molar-refractivity contribution in [3.63, 3.8) is 0 Å². The lowest BCUT2D eigenvalue weighted by Gasteiger charge is -2.32. The first-order chi connectivity index (χ1) is 16.3. The molecule has 178 valence electrons. The van der Waals surface area contributed by atoms with E-state index in [2.05, 4.69) is 5.18 Å². The van der Waals surface area contributed by atoms with Gasteiger partial charge in [-0.25, -0.2) is 0 Å². The maximum Gasteiger partial charge on any atom is 0.352 e. The molecule has 0 aromatic heterocycles. The summed E-state index contributed by atoms with van der Waals surface area (Å²) in [7, 11) is 0. The summed E-state index contributed by atoms with van der Waals surface area (Å²) in [6, 6.07) is 10.7. The van der Waals surface area contributed by atoms with E-state index in [4.69, 9.17) is 9.47 Å². The van der Waals surface area contributed by atoms with Crippen LogP contribution in [0.5, 0.6) is 11.5 Å². The molecule has 1 heterocycles. The van der Waals surface area contributed by atoms with Gasteiger partial charge in [-0.2, -0.15) is 0 Å². The Kier molecular flexibility index (Phi) is 8.01. The van der Waals surface area contributed by atoms with Gasteiger partial charge in [-0.3, -0.25) is 24.5 Å². The zero-order valence-corrected chi connectivity index (χ0v) is 18.5. The lowest BCUT2D eigenvalue weighted by molar-refractivity contribution is -0.384. The number of piperidine rings is 1. The highest BCUT2D eigenvalue weighted by Gasteiger charge is 2.29. The van der Waals surface area contributed by atoms with Crippen molar-refractivity contribution in [2.24, 2.45) is 11.1 Å². The molecule has 1 aliphatic rings. The second-order valence-electron chi connectivity index (χ2n) is 7.66. The summed E-state index contributed by atoms with van der Waals surface area (Å²) < 4.78 is 10.9. The van der Waals surface area contributed by atoms with Crippen LogP contribution in [-0.4, -0.2) is 42.3 Å². The number of carbonyl (C=O) groups is 3. The van der Waals surface area contributed by atoms with Gasteiger partial charge in [-0.05, 0) is 43.5 Å². The maximum atomic E-state index is 12.0. The SMILES string of the molecule is CCOC(=O)C1CCN(c2cc(Oc3ccc(CC(=O)C(=O)N=O)cc3)ccc2[N+](=O)[O-])CC1. The fourth-order valence-electron chi connectivity index (χ4n) is 3.71. The van der Waals surface area contributed by atoms with Gasteiger partial charge in [-0.1, -0.05) is 12.1 Å². The molecule has 1 amide bonds. The van der Waals surface area contributed by atoms with Gasteiger partial charge in [0.05, 0.1) is 17.4 Å². The van der Waals surface area contributed by atoms with Crippen molar-refractivity contribution in [1.29, 1.82) is 0 Å². The molecule has 3 rings (SSSR count). The Hall–Kier alpha value is -4.15. The van der Waals surface area contributed by atoms with Gasteiger partial charge in [0.1, 0.15) is 17.2 Å². The van der Waals surface area contributed by atoms with Gasteiger partial charge in [0.15, 0.2) is 0 Å². The Labute approximate surface area is 194 Å². The maximum absolute atomic E-state index is 12.0. The first kappa shape index (κ1) is 24.5. The summed E-state index contributed by atoms with van der Waals surface area (Å²) >= 11 is 0. The summed E-state index contributed by atoms with van der Waals surface area (Å²) in [5, 5.41) is 13.7. The van der Waals surface area contributed by atoms with Gasteiger partial charge >= 0.3 is 11.9 Å². The van der Waals surface area contributed by atoms with E-state index < -0.39 is 16.6 Å². The molecule has 2 aromatic rings. The van der Waals surface area contributed by atoms with Gasteiger partial charge in [0.25, 0.3) is 5.69 Å².